The number of ether oxygens (including phenoxy) is 1. The lowest BCUT2D eigenvalue weighted by Crippen LogP contribution is -1.89. The maximum absolute atomic E-state index is 5.71. The summed E-state index contributed by atoms with van der Waals surface area (Å²) < 4.78 is 5.18. The number of hydrogen-bond donors (Lipinski definition) is 1. The molecule has 0 aliphatic heterocycles. The second kappa shape index (κ2) is 4.14. The first-order valence-electron chi connectivity index (χ1n) is 4.99. The van der Waals surface area contributed by atoms with Crippen molar-refractivity contribution < 1.29 is 4.74 Å². The van der Waals surface area contributed by atoms with Crippen molar-refractivity contribution in [1.29, 1.82) is 0 Å². The molecule has 0 bridgehead atoms. The van der Waals surface area contributed by atoms with E-state index in [0.717, 1.165) is 27.4 Å². The van der Waals surface area contributed by atoms with Crippen LogP contribution >= 0.6 is 11.3 Å². The third-order valence-electron chi connectivity index (χ3n) is 2.50. The second-order valence-electron chi connectivity index (χ2n) is 3.64. The first-order valence-corrected chi connectivity index (χ1v) is 5.81. The highest BCUT2D eigenvalue weighted by Crippen LogP contribution is 2.32. The SMILES string of the molecule is COc1ccc(-c2nc(N)sc2C)c(C)c1. The average molecular weight is 234 g/mol. The van der Waals surface area contributed by atoms with Gasteiger partial charge in [0.15, 0.2) is 5.13 Å². The van der Waals surface area contributed by atoms with E-state index >= 15 is 0 Å². The molecule has 0 aliphatic rings. The minimum atomic E-state index is 0.614. The van der Waals surface area contributed by atoms with Crippen molar-refractivity contribution in [3.05, 3.63) is 28.6 Å². The number of nitrogen functional groups attached to an aromatic ring is 1. The molecule has 2 rings (SSSR count). The van der Waals surface area contributed by atoms with Gasteiger partial charge in [0.1, 0.15) is 5.75 Å². The molecular weight excluding hydrogens is 220 g/mol. The molecule has 2 N–H and O–H groups in total. The maximum atomic E-state index is 5.71. The van der Waals surface area contributed by atoms with Crippen LogP contribution in [0.5, 0.6) is 5.75 Å². The molecule has 84 valence electrons. The number of aromatic nitrogens is 1. The second-order valence-corrected chi connectivity index (χ2v) is 4.87. The quantitative estimate of drug-likeness (QED) is 0.869. The van der Waals surface area contributed by atoms with Gasteiger partial charge < -0.3 is 10.5 Å². The Bertz CT molecular complexity index is 520. The van der Waals surface area contributed by atoms with E-state index in [1.165, 1.54) is 11.3 Å². The smallest absolute Gasteiger partial charge is 0.180 e. The van der Waals surface area contributed by atoms with E-state index in [0.29, 0.717) is 5.13 Å². The van der Waals surface area contributed by atoms with Crippen molar-refractivity contribution in [3.63, 3.8) is 0 Å². The lowest BCUT2D eigenvalue weighted by molar-refractivity contribution is 0.414. The van der Waals surface area contributed by atoms with Crippen LogP contribution in [0.15, 0.2) is 18.2 Å². The molecule has 0 fully saturated rings. The van der Waals surface area contributed by atoms with E-state index < -0.39 is 0 Å². The van der Waals surface area contributed by atoms with Gasteiger partial charge in [0, 0.05) is 10.4 Å². The molecule has 2 aromatic rings. The van der Waals surface area contributed by atoms with Gasteiger partial charge in [-0.2, -0.15) is 0 Å². The van der Waals surface area contributed by atoms with Crippen LogP contribution in [0, 0.1) is 13.8 Å². The van der Waals surface area contributed by atoms with Gasteiger partial charge >= 0.3 is 0 Å². The Labute approximate surface area is 98.9 Å². The van der Waals surface area contributed by atoms with E-state index in [1.54, 1.807) is 7.11 Å². The molecule has 1 aromatic carbocycles. The minimum Gasteiger partial charge on any atom is -0.497 e. The molecule has 16 heavy (non-hydrogen) atoms. The normalized spacial score (nSPS) is 10.4. The first-order chi connectivity index (χ1) is 7.61. The minimum absolute atomic E-state index is 0.614. The molecular formula is C12H14N2OS. The Morgan fingerprint density at radius 1 is 1.31 bits per heavy atom. The third-order valence-corrected chi connectivity index (χ3v) is 3.30. The molecule has 3 nitrogen and oxygen atoms in total. The van der Waals surface area contributed by atoms with Crippen molar-refractivity contribution in [2.24, 2.45) is 0 Å². The van der Waals surface area contributed by atoms with E-state index in [1.807, 2.05) is 32.0 Å². The predicted molar refractivity (Wildman–Crippen MR) is 68.0 cm³/mol. The number of benzene rings is 1. The Balaban J connectivity index is 2.52. The number of thiazole rings is 1. The number of nitrogens with two attached hydrogens (primary N) is 1. The van der Waals surface area contributed by atoms with Gasteiger partial charge in [0.2, 0.25) is 0 Å². The number of methoxy groups -OCH3 is 1. The van der Waals surface area contributed by atoms with Gasteiger partial charge in [-0.3, -0.25) is 0 Å². The van der Waals surface area contributed by atoms with Crippen molar-refractivity contribution in [1.82, 2.24) is 4.98 Å². The topological polar surface area (TPSA) is 48.1 Å². The highest BCUT2D eigenvalue weighted by Gasteiger charge is 2.10. The summed E-state index contributed by atoms with van der Waals surface area (Å²) in [6.07, 6.45) is 0. The molecule has 0 saturated carbocycles. The van der Waals surface area contributed by atoms with Crippen LogP contribution in [0.25, 0.3) is 11.3 Å². The molecule has 1 heterocycles. The van der Waals surface area contributed by atoms with Crippen molar-refractivity contribution >= 4 is 16.5 Å². The molecule has 0 unspecified atom stereocenters. The van der Waals surface area contributed by atoms with Crippen LogP contribution in [-0.2, 0) is 0 Å². The molecule has 0 radical (unpaired) electrons. The fourth-order valence-corrected chi connectivity index (χ4v) is 2.40. The molecule has 1 aromatic heterocycles. The summed E-state index contributed by atoms with van der Waals surface area (Å²) in [5, 5.41) is 0.614. The molecule has 0 amide bonds. The summed E-state index contributed by atoms with van der Waals surface area (Å²) >= 11 is 1.52. The number of aryl methyl sites for hydroxylation is 2. The lowest BCUT2D eigenvalue weighted by Gasteiger charge is -2.06. The van der Waals surface area contributed by atoms with Crippen LogP contribution in [0.2, 0.25) is 0 Å². The molecule has 0 spiro atoms. The summed E-state index contributed by atoms with van der Waals surface area (Å²) in [6.45, 7) is 4.08. The van der Waals surface area contributed by atoms with Gasteiger partial charge in [-0.05, 0) is 37.6 Å². The van der Waals surface area contributed by atoms with Crippen LogP contribution in [0.4, 0.5) is 5.13 Å². The van der Waals surface area contributed by atoms with E-state index in [-0.39, 0.29) is 0 Å². The van der Waals surface area contributed by atoms with Crippen LogP contribution < -0.4 is 10.5 Å². The number of anilines is 1. The summed E-state index contributed by atoms with van der Waals surface area (Å²) in [7, 11) is 1.67. The molecule has 4 heteroatoms. The number of rotatable bonds is 2. The summed E-state index contributed by atoms with van der Waals surface area (Å²) in [6, 6.07) is 5.97. The summed E-state index contributed by atoms with van der Waals surface area (Å²) in [4.78, 5) is 5.50. The van der Waals surface area contributed by atoms with Crippen LogP contribution in [0.1, 0.15) is 10.4 Å². The van der Waals surface area contributed by atoms with E-state index in [9.17, 15) is 0 Å². The largest absolute Gasteiger partial charge is 0.497 e. The van der Waals surface area contributed by atoms with Crippen molar-refractivity contribution in [3.8, 4) is 17.0 Å². The van der Waals surface area contributed by atoms with Crippen LogP contribution in [-0.4, -0.2) is 12.1 Å². The number of nitrogens with zero attached hydrogens (tertiary/aromatic N) is 1. The van der Waals surface area contributed by atoms with Gasteiger partial charge in [-0.15, -0.1) is 11.3 Å². The van der Waals surface area contributed by atoms with E-state index in [4.69, 9.17) is 10.5 Å². The zero-order valence-corrected chi connectivity index (χ0v) is 10.4. The fraction of sp³-hybridized carbons (Fsp3) is 0.250. The number of hydrogen-bond acceptors (Lipinski definition) is 4. The summed E-state index contributed by atoms with van der Waals surface area (Å²) in [5.41, 5.74) is 8.94. The van der Waals surface area contributed by atoms with Gasteiger partial charge in [-0.1, -0.05) is 0 Å². The Hall–Kier alpha value is -1.55. The standard InChI is InChI=1S/C12H14N2OS/c1-7-6-9(15-3)4-5-10(7)11-8(2)16-12(13)14-11/h4-6H,1-3H3,(H2,13,14). The molecule has 0 atom stereocenters. The van der Waals surface area contributed by atoms with Crippen molar-refractivity contribution in [2.45, 2.75) is 13.8 Å². The Kier molecular flexibility index (Phi) is 2.83. The molecule has 0 aliphatic carbocycles. The van der Waals surface area contributed by atoms with Gasteiger partial charge in [-0.25, -0.2) is 4.98 Å². The third kappa shape index (κ3) is 1.88. The Morgan fingerprint density at radius 2 is 2.06 bits per heavy atom. The monoisotopic (exact) mass is 234 g/mol. The first kappa shape index (κ1) is 11.0. The van der Waals surface area contributed by atoms with Gasteiger partial charge in [0.25, 0.3) is 0 Å². The van der Waals surface area contributed by atoms with E-state index in [2.05, 4.69) is 4.98 Å². The Morgan fingerprint density at radius 3 is 2.56 bits per heavy atom. The van der Waals surface area contributed by atoms with Crippen molar-refractivity contribution in [2.75, 3.05) is 12.8 Å². The highest BCUT2D eigenvalue weighted by atomic mass is 32.1. The zero-order chi connectivity index (χ0) is 11.7. The lowest BCUT2D eigenvalue weighted by atomic mass is 10.0. The predicted octanol–water partition coefficient (Wildman–Crippen LogP) is 3.02. The average Bonchev–Trinajstić information content (AvgIpc) is 2.57. The van der Waals surface area contributed by atoms with Gasteiger partial charge in [0.05, 0.1) is 12.8 Å². The van der Waals surface area contributed by atoms with Crippen LogP contribution in [0.3, 0.4) is 0 Å². The summed E-state index contributed by atoms with van der Waals surface area (Å²) in [5.74, 6) is 0.863. The maximum Gasteiger partial charge on any atom is 0.180 e. The highest BCUT2D eigenvalue weighted by molar-refractivity contribution is 7.15. The fourth-order valence-electron chi connectivity index (χ4n) is 1.70. The zero-order valence-electron chi connectivity index (χ0n) is 9.57. The molecule has 0 saturated heterocycles.